The molecular weight excluding hydrogens is 302 g/mol. The molecule has 0 fully saturated rings. The Kier molecular flexibility index (Phi) is 11.0. The van der Waals surface area contributed by atoms with Gasteiger partial charge in [-0.3, -0.25) is 9.59 Å². The lowest BCUT2D eigenvalue weighted by Gasteiger charge is -2.02. The minimum Gasteiger partial charge on any atom is -0.389 e. The van der Waals surface area contributed by atoms with E-state index >= 15 is 0 Å². The SMILES string of the molecule is O=C(CO)CCCCCCCNC(=O)/C=C/C=C/c1ccccc1. The van der Waals surface area contributed by atoms with Crippen molar-refractivity contribution in [2.75, 3.05) is 13.2 Å². The Morgan fingerprint density at radius 2 is 1.67 bits per heavy atom. The predicted octanol–water partition coefficient (Wildman–Crippen LogP) is 3.27. The Morgan fingerprint density at radius 3 is 2.42 bits per heavy atom. The molecule has 2 N–H and O–H groups in total. The van der Waals surface area contributed by atoms with Crippen LogP contribution in [0.2, 0.25) is 0 Å². The van der Waals surface area contributed by atoms with Gasteiger partial charge in [0.15, 0.2) is 5.78 Å². The van der Waals surface area contributed by atoms with E-state index in [4.69, 9.17) is 5.11 Å². The van der Waals surface area contributed by atoms with Crippen molar-refractivity contribution < 1.29 is 14.7 Å². The molecule has 0 bridgehead atoms. The smallest absolute Gasteiger partial charge is 0.243 e. The molecule has 0 radical (unpaired) electrons. The topological polar surface area (TPSA) is 66.4 Å². The summed E-state index contributed by atoms with van der Waals surface area (Å²) < 4.78 is 0. The lowest BCUT2D eigenvalue weighted by atomic mass is 10.1. The maximum Gasteiger partial charge on any atom is 0.243 e. The van der Waals surface area contributed by atoms with E-state index in [0.29, 0.717) is 13.0 Å². The Balaban J connectivity index is 2.01. The Bertz CT molecular complexity index is 535. The highest BCUT2D eigenvalue weighted by atomic mass is 16.3. The number of carbonyl (C=O) groups is 2. The zero-order valence-corrected chi connectivity index (χ0v) is 14.1. The van der Waals surface area contributed by atoms with Gasteiger partial charge in [-0.15, -0.1) is 0 Å². The Labute approximate surface area is 144 Å². The van der Waals surface area contributed by atoms with Gasteiger partial charge in [0.25, 0.3) is 0 Å². The van der Waals surface area contributed by atoms with Crippen molar-refractivity contribution in [2.24, 2.45) is 0 Å². The van der Waals surface area contributed by atoms with Crippen LogP contribution in [0, 0.1) is 0 Å². The van der Waals surface area contributed by atoms with Gasteiger partial charge in [0, 0.05) is 19.0 Å². The number of unbranched alkanes of at least 4 members (excludes halogenated alkanes) is 4. The molecule has 130 valence electrons. The zero-order valence-electron chi connectivity index (χ0n) is 14.1. The van der Waals surface area contributed by atoms with E-state index in [1.165, 1.54) is 6.08 Å². The van der Waals surface area contributed by atoms with Crippen molar-refractivity contribution in [1.82, 2.24) is 5.32 Å². The van der Waals surface area contributed by atoms with Crippen LogP contribution in [0.4, 0.5) is 0 Å². The second-order valence-corrected chi connectivity index (χ2v) is 5.63. The first-order valence-corrected chi connectivity index (χ1v) is 8.52. The van der Waals surface area contributed by atoms with Crippen LogP contribution in [-0.4, -0.2) is 29.9 Å². The van der Waals surface area contributed by atoms with E-state index in [1.54, 1.807) is 6.08 Å². The van der Waals surface area contributed by atoms with E-state index < -0.39 is 0 Å². The van der Waals surface area contributed by atoms with Crippen LogP contribution in [0.3, 0.4) is 0 Å². The van der Waals surface area contributed by atoms with E-state index in [-0.39, 0.29) is 18.3 Å². The molecule has 0 aliphatic rings. The number of benzene rings is 1. The van der Waals surface area contributed by atoms with Crippen molar-refractivity contribution >= 4 is 17.8 Å². The molecule has 1 aromatic rings. The fourth-order valence-corrected chi connectivity index (χ4v) is 2.20. The van der Waals surface area contributed by atoms with Gasteiger partial charge in [0.2, 0.25) is 5.91 Å². The highest BCUT2D eigenvalue weighted by Crippen LogP contribution is 2.05. The quantitative estimate of drug-likeness (QED) is 0.351. The summed E-state index contributed by atoms with van der Waals surface area (Å²) >= 11 is 0. The molecule has 24 heavy (non-hydrogen) atoms. The molecule has 0 aliphatic carbocycles. The van der Waals surface area contributed by atoms with E-state index in [9.17, 15) is 9.59 Å². The minimum absolute atomic E-state index is 0.0822. The summed E-state index contributed by atoms with van der Waals surface area (Å²) in [6.45, 7) is 0.321. The number of amides is 1. The third kappa shape index (κ3) is 10.5. The number of allylic oxidation sites excluding steroid dienone is 2. The first kappa shape index (κ1) is 19.8. The molecular formula is C20H27NO3. The summed E-state index contributed by atoms with van der Waals surface area (Å²) in [5, 5.41) is 11.4. The standard InChI is InChI=1S/C20H27NO3/c22-17-19(23)14-7-2-1-3-10-16-21-20(24)15-9-8-13-18-11-5-4-6-12-18/h4-6,8-9,11-13,15,22H,1-3,7,10,14,16-17H2,(H,21,24)/b13-8+,15-9+. The van der Waals surface area contributed by atoms with Gasteiger partial charge in [-0.2, -0.15) is 0 Å². The number of Topliss-reactive ketones (excluding diaryl/α,β-unsaturated/α-hetero) is 1. The third-order valence-corrected chi connectivity index (χ3v) is 3.55. The maximum atomic E-state index is 11.6. The van der Waals surface area contributed by atoms with Crippen molar-refractivity contribution in [3.8, 4) is 0 Å². The van der Waals surface area contributed by atoms with Crippen molar-refractivity contribution in [2.45, 2.75) is 38.5 Å². The van der Waals surface area contributed by atoms with Crippen LogP contribution in [0.25, 0.3) is 6.08 Å². The van der Waals surface area contributed by atoms with Crippen molar-refractivity contribution in [1.29, 1.82) is 0 Å². The summed E-state index contributed by atoms with van der Waals surface area (Å²) in [6.07, 6.45) is 12.4. The lowest BCUT2D eigenvalue weighted by molar-refractivity contribution is -0.121. The lowest BCUT2D eigenvalue weighted by Crippen LogP contribution is -2.21. The predicted molar refractivity (Wildman–Crippen MR) is 97.4 cm³/mol. The van der Waals surface area contributed by atoms with Gasteiger partial charge in [0.05, 0.1) is 0 Å². The van der Waals surface area contributed by atoms with Gasteiger partial charge >= 0.3 is 0 Å². The average molecular weight is 329 g/mol. The maximum absolute atomic E-state index is 11.6. The molecule has 1 amide bonds. The average Bonchev–Trinajstić information content (AvgIpc) is 2.61. The van der Waals surface area contributed by atoms with Gasteiger partial charge in [-0.25, -0.2) is 0 Å². The van der Waals surface area contributed by atoms with Crippen LogP contribution in [0.1, 0.15) is 44.1 Å². The third-order valence-electron chi connectivity index (χ3n) is 3.55. The summed E-state index contributed by atoms with van der Waals surface area (Å²) in [5.74, 6) is -0.170. The second kappa shape index (κ2) is 13.3. The summed E-state index contributed by atoms with van der Waals surface area (Å²) in [6, 6.07) is 9.92. The van der Waals surface area contributed by atoms with Gasteiger partial charge in [-0.1, -0.05) is 67.8 Å². The number of carbonyl (C=O) groups excluding carboxylic acids is 2. The largest absolute Gasteiger partial charge is 0.389 e. The molecule has 0 spiro atoms. The van der Waals surface area contributed by atoms with Crippen LogP contribution >= 0.6 is 0 Å². The van der Waals surface area contributed by atoms with E-state index in [1.807, 2.05) is 42.5 Å². The molecule has 4 nitrogen and oxygen atoms in total. The number of aliphatic hydroxyl groups is 1. The number of hydrogen-bond donors (Lipinski definition) is 2. The Hall–Kier alpha value is -2.20. The zero-order chi connectivity index (χ0) is 17.5. The first-order chi connectivity index (χ1) is 11.7. The van der Waals surface area contributed by atoms with Gasteiger partial charge in [0.1, 0.15) is 6.61 Å². The summed E-state index contributed by atoms with van der Waals surface area (Å²) in [4.78, 5) is 22.5. The number of ketones is 1. The van der Waals surface area contributed by atoms with Crippen LogP contribution < -0.4 is 5.32 Å². The first-order valence-electron chi connectivity index (χ1n) is 8.52. The fraction of sp³-hybridized carbons (Fsp3) is 0.400. The number of aliphatic hydroxyl groups excluding tert-OH is 1. The van der Waals surface area contributed by atoms with Gasteiger partial charge < -0.3 is 10.4 Å². The Morgan fingerprint density at radius 1 is 0.958 bits per heavy atom. The highest BCUT2D eigenvalue weighted by Gasteiger charge is 1.99. The molecule has 1 aromatic carbocycles. The number of rotatable bonds is 12. The molecule has 4 heteroatoms. The number of hydrogen-bond acceptors (Lipinski definition) is 3. The summed E-state index contributed by atoms with van der Waals surface area (Å²) in [7, 11) is 0. The second-order valence-electron chi connectivity index (χ2n) is 5.63. The van der Waals surface area contributed by atoms with Crippen LogP contribution in [0.15, 0.2) is 48.6 Å². The van der Waals surface area contributed by atoms with E-state index in [2.05, 4.69) is 5.32 Å². The monoisotopic (exact) mass is 329 g/mol. The molecule has 1 rings (SSSR count). The van der Waals surface area contributed by atoms with Crippen molar-refractivity contribution in [3.05, 3.63) is 54.1 Å². The van der Waals surface area contributed by atoms with Crippen molar-refractivity contribution in [3.63, 3.8) is 0 Å². The molecule has 0 aliphatic heterocycles. The van der Waals surface area contributed by atoms with E-state index in [0.717, 1.165) is 37.7 Å². The fourth-order valence-electron chi connectivity index (χ4n) is 2.20. The molecule has 0 saturated carbocycles. The summed E-state index contributed by atoms with van der Waals surface area (Å²) in [5.41, 5.74) is 1.10. The molecule has 0 aromatic heterocycles. The van der Waals surface area contributed by atoms with Crippen LogP contribution in [0.5, 0.6) is 0 Å². The number of nitrogens with one attached hydrogen (secondary N) is 1. The van der Waals surface area contributed by atoms with Gasteiger partial charge in [-0.05, 0) is 18.4 Å². The highest BCUT2D eigenvalue weighted by molar-refractivity contribution is 5.87. The molecule has 0 saturated heterocycles. The normalized spacial score (nSPS) is 11.2. The minimum atomic E-state index is -0.347. The molecule has 0 heterocycles. The molecule has 0 atom stereocenters. The molecule has 0 unspecified atom stereocenters. The van der Waals surface area contributed by atoms with Crippen LogP contribution in [-0.2, 0) is 9.59 Å².